The summed E-state index contributed by atoms with van der Waals surface area (Å²) in [7, 11) is 0. The lowest BCUT2D eigenvalue weighted by atomic mass is 10.3. The molecule has 0 unspecified atom stereocenters. The molecule has 0 saturated heterocycles. The average molecular weight is 1090 g/mol. The third-order valence-electron chi connectivity index (χ3n) is 8.75. The van der Waals surface area contributed by atoms with Crippen LogP contribution < -0.4 is 26.5 Å². The number of aliphatic hydroxyl groups is 1. The van der Waals surface area contributed by atoms with Gasteiger partial charge in [-0.05, 0) is 118 Å². The Balaban J connectivity index is -0.0000000945. The van der Waals surface area contributed by atoms with Crippen LogP contribution in [0, 0.1) is 32.1 Å². The molecule has 0 aliphatic heterocycles. The smallest absolute Gasteiger partial charge is 0.132 e. The maximum Gasteiger partial charge on any atom is 0.132 e. The van der Waals surface area contributed by atoms with Gasteiger partial charge in [0, 0.05) is 70.1 Å². The van der Waals surface area contributed by atoms with Crippen LogP contribution in [-0.4, -0.2) is 110 Å². The van der Waals surface area contributed by atoms with Crippen LogP contribution in [0.4, 0.5) is 0 Å². The minimum Gasteiger partial charge on any atom is -1.00 e. The van der Waals surface area contributed by atoms with E-state index in [1.54, 1.807) is 40.1 Å². The quantitative estimate of drug-likeness (QED) is 0.0691. The fourth-order valence-electron chi connectivity index (χ4n) is 4.91. The lowest BCUT2D eigenvalue weighted by Gasteiger charge is -2.35. The number of thiophene rings is 3. The number of alkyl halides is 1. The molecule has 0 aliphatic carbocycles. The number of halogens is 3. The lowest BCUT2D eigenvalue weighted by molar-refractivity contribution is -0.923. The molecule has 0 amide bonds. The highest BCUT2D eigenvalue weighted by atomic mass is 79.9. The number of aryl methyl sites for hydroxylation is 3. The average Bonchev–Trinajstić information content (AvgIpc) is 3.91. The number of nitrogens with zero attached hydrogens (tertiary/aromatic N) is 4. The summed E-state index contributed by atoms with van der Waals surface area (Å²) in [5, 5.41) is 29.5. The third kappa shape index (κ3) is 41.3. The van der Waals surface area contributed by atoms with Gasteiger partial charge in [-0.15, -0.1) is 22.7 Å². The van der Waals surface area contributed by atoms with Crippen molar-refractivity contribution in [2.24, 2.45) is 0 Å². The number of aliphatic hydroxyl groups excluding tert-OH is 1. The Labute approximate surface area is 407 Å². The molecular formula is C46H93Br3N4O3S3. The molecule has 1 N–H and O–H groups in total. The largest absolute Gasteiger partial charge is 1.00 e. The third-order valence-corrected chi connectivity index (χ3v) is 12.5. The van der Waals surface area contributed by atoms with Gasteiger partial charge >= 0.3 is 0 Å². The van der Waals surface area contributed by atoms with Gasteiger partial charge in [-0.1, -0.05) is 80.3 Å². The van der Waals surface area contributed by atoms with E-state index in [0.717, 1.165) is 88.6 Å². The van der Waals surface area contributed by atoms with E-state index in [-0.39, 0.29) is 46.7 Å². The number of nitriles is 1. The van der Waals surface area contributed by atoms with E-state index in [0.29, 0.717) is 6.61 Å². The zero-order valence-electron chi connectivity index (χ0n) is 36.4. The Morgan fingerprint density at radius 2 is 0.983 bits per heavy atom. The second-order valence-electron chi connectivity index (χ2n) is 12.3. The zero-order chi connectivity index (χ0) is 41.6. The molecule has 0 atom stereocenters. The van der Waals surface area contributed by atoms with E-state index in [1.807, 2.05) is 6.92 Å². The molecule has 7 nitrogen and oxygen atoms in total. The van der Waals surface area contributed by atoms with Crippen molar-refractivity contribution in [3.63, 3.8) is 0 Å². The van der Waals surface area contributed by atoms with Crippen LogP contribution >= 0.6 is 65.9 Å². The van der Waals surface area contributed by atoms with Gasteiger partial charge in [0.05, 0.1) is 45.5 Å². The van der Waals surface area contributed by atoms with Gasteiger partial charge < -0.3 is 45.8 Å². The Morgan fingerprint density at radius 3 is 1.24 bits per heavy atom. The molecule has 354 valence electrons. The van der Waals surface area contributed by atoms with Crippen LogP contribution in [0.15, 0.2) is 36.8 Å². The van der Waals surface area contributed by atoms with Crippen LogP contribution in [0.1, 0.15) is 128 Å². The van der Waals surface area contributed by atoms with E-state index in [1.165, 1.54) is 58.7 Å². The summed E-state index contributed by atoms with van der Waals surface area (Å²) in [6.07, 6.45) is 3.16. The second kappa shape index (κ2) is 53.6. The standard InChI is InChI=1S/C14H26NOS.C12H21NOS.C7H17NO.C5H5BrS.C2H5Br.C2H3N.4CH4.BrH/c1-5-15(6-2,7-3)9-8-10-16-14-12-17-11-13(14)4;1-4-13(5-2)7-6-8-14-12-10-15-9-11(12)3;1-3-8(4-2)6-5-7-9;1-4-2-7-3-5(4)6;2*1-2-3;;;;;/h11-12H,5-10H2,1-4H3;9-10H,4-8H2,1-3H3;9H,3-7H2,1-2H3;2-3H,1H3;2H2,1H3;1H3;4*1H4;1H/q+1;;;;;;;;;;/p-1. The van der Waals surface area contributed by atoms with Gasteiger partial charge in [0.2, 0.25) is 0 Å². The van der Waals surface area contributed by atoms with Gasteiger partial charge in [-0.25, -0.2) is 0 Å². The van der Waals surface area contributed by atoms with Crippen molar-refractivity contribution in [1.82, 2.24) is 9.80 Å². The Morgan fingerprint density at radius 1 is 0.644 bits per heavy atom. The van der Waals surface area contributed by atoms with Crippen LogP contribution in [0.2, 0.25) is 0 Å². The van der Waals surface area contributed by atoms with Gasteiger partial charge in [-0.2, -0.15) is 16.6 Å². The SMILES string of the molecule is C.C.C.C.CC#N.CCBr.CCN(CC)CCCO.CCN(CC)CCCOc1cscc1C.CC[N+](CC)(CC)CCCOc1cscc1C.Cc1cscc1Br.[Br-]. The van der Waals surface area contributed by atoms with Crippen molar-refractivity contribution in [3.05, 3.63) is 53.4 Å². The van der Waals surface area contributed by atoms with E-state index in [2.05, 4.69) is 143 Å². The van der Waals surface area contributed by atoms with Crippen molar-refractivity contribution in [3.8, 4) is 17.6 Å². The summed E-state index contributed by atoms with van der Waals surface area (Å²) in [6, 6.07) is 1.75. The Kier molecular flexibility index (Phi) is 68.9. The van der Waals surface area contributed by atoms with E-state index < -0.39 is 0 Å². The Bertz CT molecular complexity index is 1220. The van der Waals surface area contributed by atoms with Gasteiger partial charge in [0.1, 0.15) is 11.5 Å². The fourth-order valence-corrected chi connectivity index (χ4v) is 7.74. The molecule has 0 spiro atoms. The molecule has 0 aromatic carbocycles. The van der Waals surface area contributed by atoms with E-state index >= 15 is 0 Å². The second-order valence-corrected chi connectivity index (χ2v) is 16.5. The molecule has 59 heavy (non-hydrogen) atoms. The van der Waals surface area contributed by atoms with Crippen molar-refractivity contribution in [2.75, 3.05) is 90.6 Å². The maximum absolute atomic E-state index is 8.48. The predicted octanol–water partition coefficient (Wildman–Crippen LogP) is 11.9. The monoisotopic (exact) mass is 1080 g/mol. The molecule has 3 rings (SSSR count). The van der Waals surface area contributed by atoms with Crippen molar-refractivity contribution >= 4 is 65.9 Å². The highest BCUT2D eigenvalue weighted by molar-refractivity contribution is 9.10. The Hall–Kier alpha value is -0.530. The predicted molar refractivity (Wildman–Crippen MR) is 277 cm³/mol. The van der Waals surface area contributed by atoms with Crippen molar-refractivity contribution in [1.29, 1.82) is 5.26 Å². The highest BCUT2D eigenvalue weighted by Gasteiger charge is 2.19. The van der Waals surface area contributed by atoms with E-state index in [9.17, 15) is 0 Å². The minimum atomic E-state index is 0. The topological polar surface area (TPSA) is 69.0 Å². The van der Waals surface area contributed by atoms with Crippen LogP contribution in [0.3, 0.4) is 0 Å². The van der Waals surface area contributed by atoms with Crippen LogP contribution in [0.5, 0.6) is 11.5 Å². The first-order chi connectivity index (χ1) is 25.9. The first-order valence-corrected chi connectivity index (χ1v) is 24.4. The summed E-state index contributed by atoms with van der Waals surface area (Å²) in [4.78, 5) is 4.72. The zero-order valence-corrected chi connectivity index (χ0v) is 43.6. The summed E-state index contributed by atoms with van der Waals surface area (Å²) < 4.78 is 13.9. The lowest BCUT2D eigenvalue weighted by Crippen LogP contribution is -3.00. The van der Waals surface area contributed by atoms with Gasteiger partial charge in [-0.3, -0.25) is 0 Å². The normalized spacial score (nSPS) is 9.36. The summed E-state index contributed by atoms with van der Waals surface area (Å²) >= 11 is 11.7. The number of ether oxygens (including phenoxy) is 2. The molecule has 0 bridgehead atoms. The molecule has 3 heterocycles. The van der Waals surface area contributed by atoms with Crippen molar-refractivity contribution < 1.29 is 36.0 Å². The number of hydrogen-bond donors (Lipinski definition) is 1. The van der Waals surface area contributed by atoms with Crippen LogP contribution in [-0.2, 0) is 0 Å². The summed E-state index contributed by atoms with van der Waals surface area (Å²) in [6.45, 7) is 38.8. The summed E-state index contributed by atoms with van der Waals surface area (Å²) in [5.41, 5.74) is 3.84. The molecule has 3 aromatic heterocycles. The molecule has 0 aliphatic rings. The first kappa shape index (κ1) is 75.8. The molecule has 0 saturated carbocycles. The number of hydrogen-bond acceptors (Lipinski definition) is 9. The molecule has 13 heteroatoms. The molecule has 3 aromatic rings. The first-order valence-electron chi connectivity index (χ1n) is 19.7. The number of quaternary nitrogens is 1. The fraction of sp³-hybridized carbons (Fsp3) is 0.717. The van der Waals surface area contributed by atoms with Gasteiger partial charge in [0.25, 0.3) is 0 Å². The molecule has 0 fully saturated rings. The molecular weight excluding hydrogens is 992 g/mol. The minimum absolute atomic E-state index is 0. The van der Waals surface area contributed by atoms with Crippen molar-refractivity contribution in [2.45, 2.75) is 132 Å². The maximum atomic E-state index is 8.48. The summed E-state index contributed by atoms with van der Waals surface area (Å²) in [5.74, 6) is 2.12. The number of rotatable bonds is 20. The van der Waals surface area contributed by atoms with E-state index in [4.69, 9.17) is 19.8 Å². The van der Waals surface area contributed by atoms with Gasteiger partial charge in [0.15, 0.2) is 0 Å². The highest BCUT2D eigenvalue weighted by Crippen LogP contribution is 2.23. The van der Waals surface area contributed by atoms with Crippen LogP contribution in [0.25, 0.3) is 0 Å². The molecule has 0 radical (unpaired) electrons.